The number of carbonyl (C=O) groups excluding carboxylic acids is 1. The van der Waals surface area contributed by atoms with Gasteiger partial charge in [0.2, 0.25) is 6.79 Å². The van der Waals surface area contributed by atoms with Crippen molar-refractivity contribution in [3.8, 4) is 29.1 Å². The van der Waals surface area contributed by atoms with E-state index in [-0.39, 0.29) is 13.4 Å². The summed E-state index contributed by atoms with van der Waals surface area (Å²) in [6.45, 7) is -0.0745. The molecule has 0 fully saturated rings. The average molecular weight is 297 g/mol. The van der Waals surface area contributed by atoms with Crippen molar-refractivity contribution < 1.29 is 23.7 Å². The molecule has 3 rings (SSSR count). The van der Waals surface area contributed by atoms with Crippen LogP contribution in [0.1, 0.15) is 5.56 Å². The number of benzene rings is 2. The van der Waals surface area contributed by atoms with E-state index >= 15 is 0 Å². The highest BCUT2D eigenvalue weighted by Crippen LogP contribution is 2.35. The summed E-state index contributed by atoms with van der Waals surface area (Å²) in [5.41, 5.74) is 0.523. The molecule has 0 aromatic heterocycles. The number of ether oxygens (including phenoxy) is 4. The van der Waals surface area contributed by atoms with Gasteiger partial charge in [0.25, 0.3) is 0 Å². The maximum absolute atomic E-state index is 11.7. The molecule has 0 amide bonds. The number of hydrogen-bond acceptors (Lipinski definition) is 6. The van der Waals surface area contributed by atoms with E-state index in [1.54, 1.807) is 42.5 Å². The third-order valence-electron chi connectivity index (χ3n) is 2.92. The van der Waals surface area contributed by atoms with Crippen molar-refractivity contribution >= 4 is 5.97 Å². The molecule has 0 atom stereocenters. The van der Waals surface area contributed by atoms with Crippen LogP contribution in [0.4, 0.5) is 0 Å². The summed E-state index contributed by atoms with van der Waals surface area (Å²) >= 11 is 0. The topological polar surface area (TPSA) is 77.8 Å². The Morgan fingerprint density at radius 2 is 1.82 bits per heavy atom. The van der Waals surface area contributed by atoms with Gasteiger partial charge < -0.3 is 18.9 Å². The minimum absolute atomic E-state index is 0.161. The molecule has 0 N–H and O–H groups in total. The van der Waals surface area contributed by atoms with E-state index in [0.717, 1.165) is 0 Å². The number of hydrogen-bond donors (Lipinski definition) is 0. The van der Waals surface area contributed by atoms with Crippen molar-refractivity contribution in [2.75, 3.05) is 13.4 Å². The van der Waals surface area contributed by atoms with Crippen molar-refractivity contribution in [3.05, 3.63) is 48.0 Å². The Bertz CT molecular complexity index is 733. The molecule has 0 saturated heterocycles. The Kier molecular flexibility index (Phi) is 3.79. The predicted molar refractivity (Wildman–Crippen MR) is 74.9 cm³/mol. The fourth-order valence-electron chi connectivity index (χ4n) is 1.87. The largest absolute Gasteiger partial charge is 0.482 e. The predicted octanol–water partition coefficient (Wildman–Crippen LogP) is 2.27. The first kappa shape index (κ1) is 13.8. The molecule has 1 aliphatic heterocycles. The van der Waals surface area contributed by atoms with Crippen molar-refractivity contribution in [2.45, 2.75) is 0 Å². The van der Waals surface area contributed by atoms with E-state index in [9.17, 15) is 4.79 Å². The highest BCUT2D eigenvalue weighted by atomic mass is 16.7. The van der Waals surface area contributed by atoms with Crippen LogP contribution in [-0.4, -0.2) is 19.4 Å². The average Bonchev–Trinajstić information content (AvgIpc) is 3.01. The lowest BCUT2D eigenvalue weighted by atomic mass is 10.2. The molecule has 0 saturated carbocycles. The van der Waals surface area contributed by atoms with Crippen LogP contribution in [0, 0.1) is 11.3 Å². The van der Waals surface area contributed by atoms with Crippen molar-refractivity contribution in [1.82, 2.24) is 0 Å². The van der Waals surface area contributed by atoms with Crippen LogP contribution < -0.4 is 18.9 Å². The second kappa shape index (κ2) is 6.06. The Hall–Kier alpha value is -3.20. The van der Waals surface area contributed by atoms with Crippen LogP contribution in [0.3, 0.4) is 0 Å². The van der Waals surface area contributed by atoms with Gasteiger partial charge in [-0.15, -0.1) is 0 Å². The molecule has 110 valence electrons. The number of rotatable bonds is 4. The van der Waals surface area contributed by atoms with Crippen LogP contribution in [0.5, 0.6) is 23.0 Å². The maximum Gasteiger partial charge on any atom is 0.349 e. The third-order valence-corrected chi connectivity index (χ3v) is 2.92. The fourth-order valence-corrected chi connectivity index (χ4v) is 1.87. The molecule has 0 bridgehead atoms. The Labute approximate surface area is 126 Å². The first-order valence-corrected chi connectivity index (χ1v) is 6.48. The van der Waals surface area contributed by atoms with Crippen LogP contribution in [-0.2, 0) is 4.79 Å². The van der Waals surface area contributed by atoms with Gasteiger partial charge in [-0.05, 0) is 36.4 Å². The zero-order valence-electron chi connectivity index (χ0n) is 11.4. The molecular weight excluding hydrogens is 286 g/mol. The number of fused-ring (bicyclic) bond motifs is 1. The minimum atomic E-state index is -0.539. The monoisotopic (exact) mass is 297 g/mol. The van der Waals surface area contributed by atoms with Crippen LogP contribution in [0.15, 0.2) is 42.5 Å². The highest BCUT2D eigenvalue weighted by molar-refractivity contribution is 5.74. The molecule has 0 unspecified atom stereocenters. The standard InChI is InChI=1S/C16H11NO5/c17-8-11-1-3-12(4-2-11)19-9-16(18)22-13-5-6-14-15(7-13)21-10-20-14/h1-7H,9-10H2. The zero-order chi connectivity index (χ0) is 15.4. The Morgan fingerprint density at radius 3 is 2.59 bits per heavy atom. The Morgan fingerprint density at radius 1 is 1.09 bits per heavy atom. The van der Waals surface area contributed by atoms with E-state index in [2.05, 4.69) is 0 Å². The van der Waals surface area contributed by atoms with Crippen molar-refractivity contribution in [2.24, 2.45) is 0 Å². The smallest absolute Gasteiger partial charge is 0.349 e. The SMILES string of the molecule is N#Cc1ccc(OCC(=O)Oc2ccc3c(c2)OCO3)cc1. The molecular formula is C16H11NO5. The molecule has 2 aromatic rings. The molecule has 2 aromatic carbocycles. The summed E-state index contributed by atoms with van der Waals surface area (Å²) in [5.74, 6) is 1.47. The lowest BCUT2D eigenvalue weighted by molar-refractivity contribution is -0.136. The molecule has 1 aliphatic rings. The van der Waals surface area contributed by atoms with Gasteiger partial charge >= 0.3 is 5.97 Å². The summed E-state index contributed by atoms with van der Waals surface area (Å²) in [4.78, 5) is 11.7. The van der Waals surface area contributed by atoms with Gasteiger partial charge in [-0.2, -0.15) is 5.26 Å². The quantitative estimate of drug-likeness (QED) is 0.636. The van der Waals surface area contributed by atoms with Crippen LogP contribution in [0.25, 0.3) is 0 Å². The summed E-state index contributed by atoms with van der Waals surface area (Å²) < 4.78 is 20.8. The first-order valence-electron chi connectivity index (χ1n) is 6.48. The van der Waals surface area contributed by atoms with Gasteiger partial charge in [0.15, 0.2) is 18.1 Å². The molecule has 6 heteroatoms. The van der Waals surface area contributed by atoms with E-state index in [0.29, 0.717) is 28.6 Å². The fraction of sp³-hybridized carbons (Fsp3) is 0.125. The highest BCUT2D eigenvalue weighted by Gasteiger charge is 2.15. The van der Waals surface area contributed by atoms with Gasteiger partial charge in [-0.1, -0.05) is 0 Å². The van der Waals surface area contributed by atoms with Gasteiger partial charge in [0.05, 0.1) is 11.6 Å². The number of nitriles is 1. The summed E-state index contributed by atoms with van der Waals surface area (Å²) in [6, 6.07) is 13.3. The lowest BCUT2D eigenvalue weighted by Crippen LogP contribution is -2.17. The number of esters is 1. The molecule has 0 aliphatic carbocycles. The number of carbonyl (C=O) groups is 1. The number of nitrogens with zero attached hydrogens (tertiary/aromatic N) is 1. The normalized spacial score (nSPS) is 11.6. The molecule has 22 heavy (non-hydrogen) atoms. The minimum Gasteiger partial charge on any atom is -0.482 e. The Balaban J connectivity index is 1.55. The van der Waals surface area contributed by atoms with Gasteiger partial charge in [-0.3, -0.25) is 0 Å². The molecule has 0 radical (unpaired) electrons. The van der Waals surface area contributed by atoms with Crippen LogP contribution >= 0.6 is 0 Å². The zero-order valence-corrected chi connectivity index (χ0v) is 11.4. The van der Waals surface area contributed by atoms with Crippen LogP contribution in [0.2, 0.25) is 0 Å². The van der Waals surface area contributed by atoms with Crippen molar-refractivity contribution in [3.63, 3.8) is 0 Å². The molecule has 1 heterocycles. The van der Waals surface area contributed by atoms with E-state index in [1.807, 2.05) is 6.07 Å². The summed E-state index contributed by atoms with van der Waals surface area (Å²) in [7, 11) is 0. The molecule has 6 nitrogen and oxygen atoms in total. The first-order chi connectivity index (χ1) is 10.7. The van der Waals surface area contributed by atoms with Gasteiger partial charge in [-0.25, -0.2) is 4.79 Å². The van der Waals surface area contributed by atoms with E-state index in [1.165, 1.54) is 0 Å². The second-order valence-electron chi connectivity index (χ2n) is 4.41. The third kappa shape index (κ3) is 3.10. The second-order valence-corrected chi connectivity index (χ2v) is 4.41. The summed E-state index contributed by atoms with van der Waals surface area (Å²) in [6.07, 6.45) is 0. The lowest BCUT2D eigenvalue weighted by Gasteiger charge is -2.07. The van der Waals surface area contributed by atoms with Gasteiger partial charge in [0.1, 0.15) is 11.5 Å². The summed E-state index contributed by atoms with van der Waals surface area (Å²) in [5, 5.41) is 8.69. The molecule has 0 spiro atoms. The van der Waals surface area contributed by atoms with Gasteiger partial charge in [0, 0.05) is 6.07 Å². The maximum atomic E-state index is 11.7. The van der Waals surface area contributed by atoms with E-state index in [4.69, 9.17) is 24.2 Å². The van der Waals surface area contributed by atoms with E-state index < -0.39 is 5.97 Å². The van der Waals surface area contributed by atoms with Crippen molar-refractivity contribution in [1.29, 1.82) is 5.26 Å².